The molecular formula is C19H14F2N4O2S2. The number of benzene rings is 1. The van der Waals surface area contributed by atoms with Crippen molar-refractivity contribution in [3.8, 4) is 11.4 Å². The SMILES string of the molecule is CSc1nc(-c2c[nH]c3ncc(F)c(S(=O)(=O)c4ccc(C)cc4)c23)ncc1F. The van der Waals surface area contributed by atoms with Crippen LogP contribution in [0.2, 0.25) is 0 Å². The molecule has 0 aliphatic carbocycles. The Morgan fingerprint density at radius 1 is 1.03 bits per heavy atom. The van der Waals surface area contributed by atoms with E-state index in [2.05, 4.69) is 19.9 Å². The minimum atomic E-state index is -4.21. The lowest BCUT2D eigenvalue weighted by Gasteiger charge is -2.09. The van der Waals surface area contributed by atoms with E-state index in [9.17, 15) is 17.2 Å². The molecule has 0 aliphatic rings. The van der Waals surface area contributed by atoms with Gasteiger partial charge in [-0.05, 0) is 25.3 Å². The second-order valence-electron chi connectivity index (χ2n) is 6.23. The fourth-order valence-electron chi connectivity index (χ4n) is 2.94. The third-order valence-electron chi connectivity index (χ3n) is 4.36. The van der Waals surface area contributed by atoms with Gasteiger partial charge in [-0.15, -0.1) is 11.8 Å². The van der Waals surface area contributed by atoms with Crippen LogP contribution >= 0.6 is 11.8 Å². The zero-order valence-electron chi connectivity index (χ0n) is 15.3. The van der Waals surface area contributed by atoms with Crippen LogP contribution in [0.1, 0.15) is 5.56 Å². The highest BCUT2D eigenvalue weighted by atomic mass is 32.2. The Bertz CT molecular complexity index is 1340. The van der Waals surface area contributed by atoms with Gasteiger partial charge >= 0.3 is 0 Å². The van der Waals surface area contributed by atoms with Gasteiger partial charge in [0.05, 0.1) is 22.7 Å². The lowest BCUT2D eigenvalue weighted by atomic mass is 10.2. The van der Waals surface area contributed by atoms with Crippen LogP contribution in [-0.2, 0) is 9.84 Å². The van der Waals surface area contributed by atoms with Gasteiger partial charge in [-0.3, -0.25) is 0 Å². The van der Waals surface area contributed by atoms with Crippen LogP contribution in [0.15, 0.2) is 57.7 Å². The lowest BCUT2D eigenvalue weighted by Crippen LogP contribution is -2.07. The van der Waals surface area contributed by atoms with Gasteiger partial charge in [0.15, 0.2) is 17.5 Å². The predicted molar refractivity (Wildman–Crippen MR) is 105 cm³/mol. The summed E-state index contributed by atoms with van der Waals surface area (Å²) in [5, 5.41) is 0.112. The second kappa shape index (κ2) is 7.20. The van der Waals surface area contributed by atoms with E-state index < -0.39 is 26.4 Å². The summed E-state index contributed by atoms with van der Waals surface area (Å²) in [5.74, 6) is -1.53. The van der Waals surface area contributed by atoms with Crippen LogP contribution in [0.3, 0.4) is 0 Å². The Labute approximate surface area is 169 Å². The Kier molecular flexibility index (Phi) is 4.83. The summed E-state index contributed by atoms with van der Waals surface area (Å²) in [6.07, 6.45) is 4.93. The average molecular weight is 432 g/mol. The third-order valence-corrected chi connectivity index (χ3v) is 6.86. The molecule has 6 nitrogen and oxygen atoms in total. The Morgan fingerprint density at radius 3 is 2.41 bits per heavy atom. The molecule has 0 unspecified atom stereocenters. The van der Waals surface area contributed by atoms with E-state index in [1.54, 1.807) is 18.4 Å². The van der Waals surface area contributed by atoms with Crippen molar-refractivity contribution in [2.45, 2.75) is 21.7 Å². The molecule has 3 aromatic heterocycles. The number of aromatic nitrogens is 4. The van der Waals surface area contributed by atoms with E-state index >= 15 is 0 Å². The molecule has 10 heteroatoms. The summed E-state index contributed by atoms with van der Waals surface area (Å²) >= 11 is 1.08. The molecule has 0 aliphatic heterocycles. The summed E-state index contributed by atoms with van der Waals surface area (Å²) in [4.78, 5) is 14.3. The molecule has 148 valence electrons. The van der Waals surface area contributed by atoms with Crippen LogP contribution in [0.25, 0.3) is 22.4 Å². The molecule has 0 spiro atoms. The van der Waals surface area contributed by atoms with E-state index in [1.807, 2.05) is 6.92 Å². The highest BCUT2D eigenvalue weighted by molar-refractivity contribution is 7.98. The normalized spacial score (nSPS) is 11.9. The largest absolute Gasteiger partial charge is 0.345 e. The minimum absolute atomic E-state index is 0.0178. The van der Waals surface area contributed by atoms with E-state index in [0.29, 0.717) is 0 Å². The van der Waals surface area contributed by atoms with E-state index in [0.717, 1.165) is 29.7 Å². The fraction of sp³-hybridized carbons (Fsp3) is 0.105. The van der Waals surface area contributed by atoms with E-state index in [1.165, 1.54) is 18.3 Å². The fourth-order valence-corrected chi connectivity index (χ4v) is 4.88. The smallest absolute Gasteiger partial charge is 0.210 e. The first kappa shape index (κ1) is 19.5. The first-order chi connectivity index (χ1) is 13.8. The number of thioether (sulfide) groups is 1. The third kappa shape index (κ3) is 3.28. The number of nitrogens with one attached hydrogen (secondary N) is 1. The number of sulfone groups is 1. The quantitative estimate of drug-likeness (QED) is 0.385. The maximum atomic E-state index is 14.8. The molecule has 3 heterocycles. The van der Waals surface area contributed by atoms with Gasteiger partial charge in [0.25, 0.3) is 0 Å². The Hall–Kier alpha value is -2.85. The minimum Gasteiger partial charge on any atom is -0.345 e. The van der Waals surface area contributed by atoms with E-state index in [-0.39, 0.29) is 32.3 Å². The van der Waals surface area contributed by atoms with Gasteiger partial charge in [0, 0.05) is 11.8 Å². The maximum Gasteiger partial charge on any atom is 0.210 e. The zero-order chi connectivity index (χ0) is 20.8. The Balaban J connectivity index is 2.02. The number of H-pyrrole nitrogens is 1. The van der Waals surface area contributed by atoms with Gasteiger partial charge in [-0.2, -0.15) is 0 Å². The highest BCUT2D eigenvalue weighted by Gasteiger charge is 2.28. The molecular weight excluding hydrogens is 418 g/mol. The number of aromatic amines is 1. The zero-order valence-corrected chi connectivity index (χ0v) is 16.9. The van der Waals surface area contributed by atoms with Crippen molar-refractivity contribution in [3.05, 3.63) is 60.1 Å². The van der Waals surface area contributed by atoms with Crippen LogP contribution in [0.4, 0.5) is 8.78 Å². The topological polar surface area (TPSA) is 88.6 Å². The molecule has 0 saturated carbocycles. The molecule has 0 amide bonds. The summed E-state index contributed by atoms with van der Waals surface area (Å²) < 4.78 is 55.1. The highest BCUT2D eigenvalue weighted by Crippen LogP contribution is 2.36. The van der Waals surface area contributed by atoms with Gasteiger partial charge in [0.1, 0.15) is 15.6 Å². The van der Waals surface area contributed by atoms with Crippen molar-refractivity contribution in [2.75, 3.05) is 6.26 Å². The molecule has 29 heavy (non-hydrogen) atoms. The van der Waals surface area contributed by atoms with Crippen molar-refractivity contribution in [2.24, 2.45) is 0 Å². The molecule has 1 N–H and O–H groups in total. The van der Waals surface area contributed by atoms with Crippen molar-refractivity contribution >= 4 is 32.6 Å². The van der Waals surface area contributed by atoms with Crippen LogP contribution in [0, 0.1) is 18.6 Å². The number of pyridine rings is 1. The first-order valence-electron chi connectivity index (χ1n) is 8.37. The molecule has 0 fully saturated rings. The summed E-state index contributed by atoms with van der Waals surface area (Å²) in [6, 6.07) is 6.11. The van der Waals surface area contributed by atoms with Gasteiger partial charge < -0.3 is 4.98 Å². The maximum absolute atomic E-state index is 14.8. The summed E-state index contributed by atoms with van der Waals surface area (Å²) in [6.45, 7) is 1.82. The summed E-state index contributed by atoms with van der Waals surface area (Å²) in [7, 11) is -4.21. The van der Waals surface area contributed by atoms with Gasteiger partial charge in [-0.1, -0.05) is 17.7 Å². The van der Waals surface area contributed by atoms with Crippen LogP contribution < -0.4 is 0 Å². The average Bonchev–Trinajstić information content (AvgIpc) is 3.12. The molecule has 0 radical (unpaired) electrons. The molecule has 0 saturated heterocycles. The van der Waals surface area contributed by atoms with Crippen molar-refractivity contribution in [1.82, 2.24) is 19.9 Å². The standard InChI is InChI=1S/C19H14F2N4O2S2/c1-10-3-5-11(6-4-10)29(26,27)16-13(20)8-24-18-15(16)12(7-22-18)17-23-9-14(21)19(25-17)28-2/h3-9H,1-2H3,(H,22,24). The summed E-state index contributed by atoms with van der Waals surface area (Å²) in [5.41, 5.74) is 1.25. The number of nitrogens with zero attached hydrogens (tertiary/aromatic N) is 3. The first-order valence-corrected chi connectivity index (χ1v) is 11.1. The second-order valence-corrected chi connectivity index (χ2v) is 8.91. The molecule has 0 bridgehead atoms. The van der Waals surface area contributed by atoms with E-state index in [4.69, 9.17) is 0 Å². The van der Waals surface area contributed by atoms with Gasteiger partial charge in [0.2, 0.25) is 9.84 Å². The van der Waals surface area contributed by atoms with Crippen molar-refractivity contribution in [1.29, 1.82) is 0 Å². The van der Waals surface area contributed by atoms with Crippen molar-refractivity contribution < 1.29 is 17.2 Å². The molecule has 1 aromatic carbocycles. The number of rotatable bonds is 4. The Morgan fingerprint density at radius 2 is 1.72 bits per heavy atom. The number of aryl methyl sites for hydroxylation is 1. The lowest BCUT2D eigenvalue weighted by molar-refractivity contribution is 0.567. The number of fused-ring (bicyclic) bond motifs is 1. The number of hydrogen-bond donors (Lipinski definition) is 1. The van der Waals surface area contributed by atoms with Crippen LogP contribution in [0.5, 0.6) is 0 Å². The number of halogens is 2. The molecule has 4 aromatic rings. The van der Waals surface area contributed by atoms with Crippen molar-refractivity contribution in [3.63, 3.8) is 0 Å². The molecule has 4 rings (SSSR count). The predicted octanol–water partition coefficient (Wildman–Crippen LogP) is 4.16. The van der Waals surface area contributed by atoms with Gasteiger partial charge in [-0.25, -0.2) is 32.2 Å². The monoisotopic (exact) mass is 432 g/mol. The van der Waals surface area contributed by atoms with Crippen LogP contribution in [-0.4, -0.2) is 34.6 Å². The number of hydrogen-bond acceptors (Lipinski definition) is 6. The molecule has 0 atom stereocenters.